The van der Waals surface area contributed by atoms with E-state index in [2.05, 4.69) is 9.97 Å². The number of carboxylic acids is 1. The summed E-state index contributed by atoms with van der Waals surface area (Å²) in [5, 5.41) is 11.8. The number of nitrogens with zero attached hydrogens (tertiary/aromatic N) is 3. The van der Waals surface area contributed by atoms with Crippen molar-refractivity contribution in [3.05, 3.63) is 35.6 Å². The second-order valence-corrected chi connectivity index (χ2v) is 6.43. The molecule has 1 aliphatic rings. The number of hydrogen-bond donors (Lipinski definition) is 1. The molecule has 1 fully saturated rings. The molecule has 23 heavy (non-hydrogen) atoms. The van der Waals surface area contributed by atoms with Gasteiger partial charge in [-0.1, -0.05) is 0 Å². The van der Waals surface area contributed by atoms with E-state index in [9.17, 15) is 9.59 Å². The van der Waals surface area contributed by atoms with Crippen molar-refractivity contribution < 1.29 is 14.7 Å². The number of carbonyl (C=O) groups is 2. The van der Waals surface area contributed by atoms with Crippen molar-refractivity contribution in [1.82, 2.24) is 14.9 Å². The zero-order chi connectivity index (χ0) is 16.2. The number of piperidine rings is 1. The lowest BCUT2D eigenvalue weighted by atomic mass is 9.98. The molecule has 120 valence electrons. The minimum absolute atomic E-state index is 0.0532. The topological polar surface area (TPSA) is 83.4 Å². The van der Waals surface area contributed by atoms with Crippen LogP contribution in [0.3, 0.4) is 0 Å². The number of thiazole rings is 1. The van der Waals surface area contributed by atoms with Crippen LogP contribution in [0.2, 0.25) is 0 Å². The number of rotatable bonds is 4. The van der Waals surface area contributed by atoms with Gasteiger partial charge in [-0.05, 0) is 25.0 Å². The third kappa shape index (κ3) is 3.73. The predicted octanol–water partition coefficient (Wildman–Crippen LogP) is 2.07. The van der Waals surface area contributed by atoms with Gasteiger partial charge in [-0.2, -0.15) is 0 Å². The average Bonchev–Trinajstić information content (AvgIpc) is 3.04. The van der Waals surface area contributed by atoms with Crippen LogP contribution in [0, 0.1) is 5.92 Å². The standard InChI is InChI=1S/C16H17N3O3S/c20-14(19-7-1-2-12(9-19)16(21)22)8-13-10-23-15(18-13)11-3-5-17-6-4-11/h3-6,10,12H,1-2,7-9H2,(H,21,22). The van der Waals surface area contributed by atoms with Crippen LogP contribution in [0.5, 0.6) is 0 Å². The van der Waals surface area contributed by atoms with E-state index < -0.39 is 11.9 Å². The van der Waals surface area contributed by atoms with E-state index in [-0.39, 0.29) is 12.3 Å². The first-order valence-corrected chi connectivity index (χ1v) is 8.37. The summed E-state index contributed by atoms with van der Waals surface area (Å²) in [5.74, 6) is -1.32. The van der Waals surface area contributed by atoms with Crippen molar-refractivity contribution in [3.8, 4) is 10.6 Å². The number of pyridine rings is 1. The van der Waals surface area contributed by atoms with E-state index >= 15 is 0 Å². The van der Waals surface area contributed by atoms with Crippen LogP contribution in [0.15, 0.2) is 29.9 Å². The predicted molar refractivity (Wildman–Crippen MR) is 86.0 cm³/mol. The van der Waals surface area contributed by atoms with Crippen LogP contribution in [-0.2, 0) is 16.0 Å². The van der Waals surface area contributed by atoms with E-state index in [0.717, 1.165) is 22.7 Å². The third-order valence-electron chi connectivity index (χ3n) is 3.93. The number of likely N-dealkylation sites (tertiary alicyclic amines) is 1. The van der Waals surface area contributed by atoms with Gasteiger partial charge in [0.1, 0.15) is 5.01 Å². The highest BCUT2D eigenvalue weighted by Gasteiger charge is 2.28. The highest BCUT2D eigenvalue weighted by Crippen LogP contribution is 2.24. The van der Waals surface area contributed by atoms with E-state index in [1.165, 1.54) is 11.3 Å². The van der Waals surface area contributed by atoms with Gasteiger partial charge in [-0.15, -0.1) is 11.3 Å². The summed E-state index contributed by atoms with van der Waals surface area (Å²) >= 11 is 1.49. The number of aliphatic carboxylic acids is 1. The van der Waals surface area contributed by atoms with Gasteiger partial charge in [-0.25, -0.2) is 4.98 Å². The van der Waals surface area contributed by atoms with Gasteiger partial charge in [0.2, 0.25) is 5.91 Å². The fourth-order valence-electron chi connectivity index (χ4n) is 2.69. The molecule has 1 N–H and O–H groups in total. The molecular formula is C16H17N3O3S. The minimum Gasteiger partial charge on any atom is -0.481 e. The highest BCUT2D eigenvalue weighted by atomic mass is 32.1. The Morgan fingerprint density at radius 1 is 1.35 bits per heavy atom. The first kappa shape index (κ1) is 15.6. The maximum atomic E-state index is 12.4. The molecule has 0 bridgehead atoms. The summed E-state index contributed by atoms with van der Waals surface area (Å²) in [5.41, 5.74) is 1.71. The Labute approximate surface area is 137 Å². The van der Waals surface area contributed by atoms with Gasteiger partial charge < -0.3 is 10.0 Å². The van der Waals surface area contributed by atoms with Crippen molar-refractivity contribution in [3.63, 3.8) is 0 Å². The first-order valence-electron chi connectivity index (χ1n) is 7.49. The van der Waals surface area contributed by atoms with Crippen LogP contribution in [0.1, 0.15) is 18.5 Å². The zero-order valence-corrected chi connectivity index (χ0v) is 13.3. The molecule has 1 saturated heterocycles. The molecule has 1 aliphatic heterocycles. The lowest BCUT2D eigenvalue weighted by Gasteiger charge is -2.30. The molecule has 0 radical (unpaired) electrons. The summed E-state index contributed by atoms with van der Waals surface area (Å²) in [7, 11) is 0. The summed E-state index contributed by atoms with van der Waals surface area (Å²) in [6.07, 6.45) is 5.01. The van der Waals surface area contributed by atoms with Crippen LogP contribution < -0.4 is 0 Å². The van der Waals surface area contributed by atoms with Crippen molar-refractivity contribution in [2.75, 3.05) is 13.1 Å². The Hall–Kier alpha value is -2.28. The maximum Gasteiger partial charge on any atom is 0.308 e. The van der Waals surface area contributed by atoms with Crippen molar-refractivity contribution in [1.29, 1.82) is 0 Å². The number of carbonyl (C=O) groups excluding carboxylic acids is 1. The second kappa shape index (κ2) is 6.87. The summed E-state index contributed by atoms with van der Waals surface area (Å²) < 4.78 is 0. The third-order valence-corrected chi connectivity index (χ3v) is 4.87. The van der Waals surface area contributed by atoms with Crippen LogP contribution in [0.25, 0.3) is 10.6 Å². The Morgan fingerprint density at radius 3 is 2.87 bits per heavy atom. The number of amides is 1. The van der Waals surface area contributed by atoms with Crippen LogP contribution >= 0.6 is 11.3 Å². The molecule has 6 nitrogen and oxygen atoms in total. The number of aromatic nitrogens is 2. The maximum absolute atomic E-state index is 12.4. The van der Waals surface area contributed by atoms with E-state index in [0.29, 0.717) is 19.5 Å². The SMILES string of the molecule is O=C(O)C1CCCN(C(=O)Cc2csc(-c3ccncc3)n2)C1. The monoisotopic (exact) mass is 331 g/mol. The zero-order valence-electron chi connectivity index (χ0n) is 12.5. The Morgan fingerprint density at radius 2 is 2.13 bits per heavy atom. The Balaban J connectivity index is 1.64. The van der Waals surface area contributed by atoms with Gasteiger partial charge in [0.25, 0.3) is 0 Å². The van der Waals surface area contributed by atoms with Gasteiger partial charge >= 0.3 is 5.97 Å². The fraction of sp³-hybridized carbons (Fsp3) is 0.375. The Bertz CT molecular complexity index is 702. The summed E-state index contributed by atoms with van der Waals surface area (Å²) in [6.45, 7) is 0.930. The second-order valence-electron chi connectivity index (χ2n) is 5.57. The summed E-state index contributed by atoms with van der Waals surface area (Å²) in [4.78, 5) is 33.6. The number of carboxylic acid groups (broad SMARTS) is 1. The molecule has 3 rings (SSSR count). The van der Waals surface area contributed by atoms with Gasteiger partial charge in [0.05, 0.1) is 18.0 Å². The summed E-state index contributed by atoms with van der Waals surface area (Å²) in [6, 6.07) is 3.76. The van der Waals surface area contributed by atoms with Crippen LogP contribution in [0.4, 0.5) is 0 Å². The average molecular weight is 331 g/mol. The van der Waals surface area contributed by atoms with E-state index in [1.807, 2.05) is 17.5 Å². The van der Waals surface area contributed by atoms with E-state index in [4.69, 9.17) is 5.11 Å². The molecule has 2 aromatic heterocycles. The molecule has 1 atom stereocenters. The molecule has 0 spiro atoms. The molecule has 2 aromatic rings. The van der Waals surface area contributed by atoms with Crippen molar-refractivity contribution in [2.45, 2.75) is 19.3 Å². The molecular weight excluding hydrogens is 314 g/mol. The van der Waals surface area contributed by atoms with Gasteiger partial charge in [-0.3, -0.25) is 14.6 Å². The largest absolute Gasteiger partial charge is 0.481 e. The number of hydrogen-bond acceptors (Lipinski definition) is 5. The molecule has 0 aliphatic carbocycles. The van der Waals surface area contributed by atoms with Crippen LogP contribution in [-0.4, -0.2) is 44.9 Å². The highest BCUT2D eigenvalue weighted by molar-refractivity contribution is 7.13. The molecule has 1 unspecified atom stereocenters. The molecule has 0 saturated carbocycles. The fourth-order valence-corrected chi connectivity index (χ4v) is 3.51. The lowest BCUT2D eigenvalue weighted by molar-refractivity contribution is -0.145. The normalized spacial score (nSPS) is 17.9. The molecule has 7 heteroatoms. The van der Waals surface area contributed by atoms with Crippen molar-refractivity contribution in [2.24, 2.45) is 5.92 Å². The smallest absolute Gasteiger partial charge is 0.308 e. The lowest BCUT2D eigenvalue weighted by Crippen LogP contribution is -2.43. The quantitative estimate of drug-likeness (QED) is 0.927. The van der Waals surface area contributed by atoms with Gasteiger partial charge in [0.15, 0.2) is 0 Å². The molecule has 0 aromatic carbocycles. The molecule has 3 heterocycles. The van der Waals surface area contributed by atoms with Gasteiger partial charge in [0, 0.05) is 36.4 Å². The minimum atomic E-state index is -0.823. The Kier molecular flexibility index (Phi) is 4.66. The first-order chi connectivity index (χ1) is 11.1. The van der Waals surface area contributed by atoms with E-state index in [1.54, 1.807) is 17.3 Å². The molecule has 1 amide bonds. The van der Waals surface area contributed by atoms with Crippen molar-refractivity contribution >= 4 is 23.2 Å².